The molecule has 7 aromatic rings. The topological polar surface area (TPSA) is 129 Å². The maximum absolute atomic E-state index is 10.7. The number of isocyanates is 1. The minimum Gasteiger partial charge on any atom is -0.424 e. The van der Waals surface area contributed by atoms with Crippen LogP contribution in [0.1, 0.15) is 80.5 Å². The van der Waals surface area contributed by atoms with Crippen LogP contribution in [0.25, 0.3) is 0 Å². The molecule has 0 saturated carbocycles. The van der Waals surface area contributed by atoms with E-state index in [1.807, 2.05) is 97.1 Å². The second-order valence-electron chi connectivity index (χ2n) is 16.3. The molecule has 0 spiro atoms. The Bertz CT molecular complexity index is 2700. The molecule has 0 atom stereocenters. The van der Waals surface area contributed by atoms with Crippen molar-refractivity contribution >= 4 is 11.8 Å². The zero-order chi connectivity index (χ0) is 43.2. The summed E-state index contributed by atoms with van der Waals surface area (Å²) in [4.78, 5) is 28.0. The molecule has 61 heavy (non-hydrogen) atoms. The summed E-state index contributed by atoms with van der Waals surface area (Å²) in [6.45, 7) is 15.0. The van der Waals surface area contributed by atoms with Gasteiger partial charge in [-0.3, -0.25) is 0 Å². The lowest BCUT2D eigenvalue weighted by molar-refractivity contribution is 0.362. The lowest BCUT2D eigenvalue weighted by atomic mass is 9.78. The van der Waals surface area contributed by atoms with Gasteiger partial charge in [0.25, 0.3) is 6.26 Å². The van der Waals surface area contributed by atoms with Crippen molar-refractivity contribution in [2.45, 2.75) is 64.7 Å². The second-order valence-corrected chi connectivity index (χ2v) is 16.3. The van der Waals surface area contributed by atoms with Gasteiger partial charge in [0.05, 0.1) is 5.69 Å². The lowest BCUT2D eigenvalue weighted by Crippen LogP contribution is -2.18. The molecule has 10 heteroatoms. The summed E-state index contributed by atoms with van der Waals surface area (Å²) in [6.07, 6.45) is 3.29. The van der Waals surface area contributed by atoms with E-state index < -0.39 is 0 Å². The van der Waals surface area contributed by atoms with E-state index in [0.29, 0.717) is 28.7 Å². The van der Waals surface area contributed by atoms with Gasteiger partial charge in [-0.1, -0.05) is 132 Å². The molecule has 304 valence electrons. The van der Waals surface area contributed by atoms with Crippen LogP contribution in [0.15, 0.2) is 151 Å². The van der Waals surface area contributed by atoms with Crippen molar-refractivity contribution in [3.8, 4) is 47.3 Å². The van der Waals surface area contributed by atoms with Crippen LogP contribution in [0.3, 0.4) is 0 Å². The van der Waals surface area contributed by atoms with Crippen molar-refractivity contribution in [2.24, 2.45) is 4.99 Å². The Morgan fingerprint density at radius 1 is 0.443 bits per heavy atom. The molecule has 6 aromatic carbocycles. The molecule has 0 radical (unpaired) electrons. The summed E-state index contributed by atoms with van der Waals surface area (Å²) in [7, 11) is 0. The summed E-state index contributed by atoms with van der Waals surface area (Å²) < 4.78 is 23.6. The van der Waals surface area contributed by atoms with Gasteiger partial charge in [0.1, 0.15) is 23.0 Å². The Hall–Kier alpha value is -7.60. The summed E-state index contributed by atoms with van der Waals surface area (Å²) in [5.41, 5.74) is 7.35. The van der Waals surface area contributed by atoms with Crippen LogP contribution >= 0.6 is 0 Å². The van der Waals surface area contributed by atoms with Crippen LogP contribution in [0, 0.1) is 18.4 Å². The van der Waals surface area contributed by atoms with Gasteiger partial charge < -0.3 is 18.9 Å². The number of nitrogens with zero attached hydrogens (tertiary/aromatic N) is 5. The standard InChI is InChI=1S/C51H45N5O5/c1-34-8-10-35(11-9-34)49(2,3)38-16-26-43(27-17-38)59-46-54-47(60-44-28-18-39(19-29-44)50(4,5)36-12-22-41(23-13-36)53-33-57)56-48(55-46)61-45-30-20-40(21-31-45)51(6,7)37-14-24-42(25-15-37)58-32-52/h8-31H,1-7H3. The molecule has 10 nitrogen and oxygen atoms in total. The number of rotatable bonds is 14. The summed E-state index contributed by atoms with van der Waals surface area (Å²) >= 11 is 0. The number of nitriles is 1. The normalized spacial score (nSPS) is 11.5. The fraction of sp³-hybridized carbons (Fsp3) is 0.196. The molecule has 0 amide bonds. The van der Waals surface area contributed by atoms with Gasteiger partial charge in [-0.15, -0.1) is 20.2 Å². The lowest BCUT2D eigenvalue weighted by Gasteiger charge is -2.26. The van der Waals surface area contributed by atoms with Gasteiger partial charge in [0, 0.05) is 16.2 Å². The third kappa shape index (κ3) is 9.49. The number of aryl methyl sites for hydroxylation is 1. The number of benzene rings is 6. The van der Waals surface area contributed by atoms with Gasteiger partial charge in [0.2, 0.25) is 6.08 Å². The van der Waals surface area contributed by atoms with Crippen LogP contribution < -0.4 is 18.9 Å². The van der Waals surface area contributed by atoms with E-state index in [2.05, 4.69) is 92.7 Å². The number of aliphatic imine (C=N–C) groups is 1. The van der Waals surface area contributed by atoms with E-state index in [4.69, 9.17) is 24.2 Å². The Labute approximate surface area is 356 Å². The first-order valence-corrected chi connectivity index (χ1v) is 19.8. The van der Waals surface area contributed by atoms with Crippen molar-refractivity contribution in [1.29, 1.82) is 5.26 Å². The third-order valence-corrected chi connectivity index (χ3v) is 11.2. The highest BCUT2D eigenvalue weighted by Gasteiger charge is 2.26. The Kier molecular flexibility index (Phi) is 11.8. The van der Waals surface area contributed by atoms with Crippen molar-refractivity contribution in [2.75, 3.05) is 0 Å². The first-order chi connectivity index (χ1) is 29.2. The molecule has 0 saturated heterocycles. The average molecular weight is 808 g/mol. The highest BCUT2D eigenvalue weighted by atomic mass is 16.5. The van der Waals surface area contributed by atoms with Crippen LogP contribution in [-0.2, 0) is 21.0 Å². The third-order valence-electron chi connectivity index (χ3n) is 11.2. The Balaban J connectivity index is 1.14. The SMILES string of the molecule is Cc1ccc(C(C)(C)c2ccc(Oc3nc(Oc4ccc(C(C)(C)c5ccc(N=C=O)cc5)cc4)nc(Oc4ccc(C(C)(C)c5ccc(OC#N)cc5)cc4)n3)cc2)cc1. The molecule has 0 N–H and O–H groups in total. The van der Waals surface area contributed by atoms with Gasteiger partial charge in [0.15, 0.2) is 0 Å². The average Bonchev–Trinajstić information content (AvgIpc) is 3.25. The van der Waals surface area contributed by atoms with Crippen molar-refractivity contribution < 1.29 is 23.7 Å². The molecular formula is C51H45N5O5. The Morgan fingerprint density at radius 3 is 1.02 bits per heavy atom. The zero-order valence-corrected chi connectivity index (χ0v) is 35.1. The summed E-state index contributed by atoms with van der Waals surface area (Å²) in [5.74, 6) is 2.02. The van der Waals surface area contributed by atoms with Crippen molar-refractivity contribution in [1.82, 2.24) is 15.0 Å². The predicted molar refractivity (Wildman–Crippen MR) is 234 cm³/mol. The molecular weight excluding hydrogens is 763 g/mol. The summed E-state index contributed by atoms with van der Waals surface area (Å²) in [6, 6.07) is 46.7. The largest absolute Gasteiger partial charge is 0.424 e. The van der Waals surface area contributed by atoms with E-state index in [1.165, 1.54) is 11.1 Å². The smallest absolute Gasteiger partial charge is 0.331 e. The van der Waals surface area contributed by atoms with Crippen molar-refractivity contribution in [3.05, 3.63) is 185 Å². The number of hydrogen-bond acceptors (Lipinski definition) is 10. The van der Waals surface area contributed by atoms with Gasteiger partial charge >= 0.3 is 18.0 Å². The van der Waals surface area contributed by atoms with Crippen LogP contribution in [0.4, 0.5) is 5.69 Å². The van der Waals surface area contributed by atoms with Gasteiger partial charge in [-0.05, 0) is 101 Å². The fourth-order valence-electron chi connectivity index (χ4n) is 7.06. The quantitative estimate of drug-likeness (QED) is 0.0599. The van der Waals surface area contributed by atoms with E-state index in [9.17, 15) is 4.79 Å². The summed E-state index contributed by atoms with van der Waals surface area (Å²) in [5, 5.41) is 8.86. The number of aromatic nitrogens is 3. The van der Waals surface area contributed by atoms with Gasteiger partial charge in [-0.25, -0.2) is 4.79 Å². The highest BCUT2D eigenvalue weighted by molar-refractivity contribution is 5.51. The molecule has 1 heterocycles. The van der Waals surface area contributed by atoms with E-state index >= 15 is 0 Å². The predicted octanol–water partition coefficient (Wildman–Crippen LogP) is 12.4. The number of carbonyl (C=O) groups excluding carboxylic acids is 1. The first-order valence-electron chi connectivity index (χ1n) is 19.8. The van der Waals surface area contributed by atoms with Crippen LogP contribution in [0.5, 0.6) is 41.0 Å². The van der Waals surface area contributed by atoms with Gasteiger partial charge in [-0.2, -0.15) is 4.99 Å². The number of ether oxygens (including phenoxy) is 4. The Morgan fingerprint density at radius 2 is 0.721 bits per heavy atom. The molecule has 0 aliphatic heterocycles. The van der Waals surface area contributed by atoms with E-state index in [1.54, 1.807) is 36.6 Å². The number of hydrogen-bond donors (Lipinski definition) is 0. The van der Waals surface area contributed by atoms with Crippen molar-refractivity contribution in [3.63, 3.8) is 0 Å². The molecule has 0 unspecified atom stereocenters. The second kappa shape index (κ2) is 17.3. The molecule has 0 aliphatic carbocycles. The fourth-order valence-corrected chi connectivity index (χ4v) is 7.06. The van der Waals surface area contributed by atoms with E-state index in [-0.39, 0.29) is 34.3 Å². The molecule has 0 fully saturated rings. The molecule has 7 rings (SSSR count). The zero-order valence-electron chi connectivity index (χ0n) is 35.1. The monoisotopic (exact) mass is 807 g/mol. The molecule has 0 aliphatic rings. The maximum atomic E-state index is 10.7. The minimum absolute atomic E-state index is 0.00719. The highest BCUT2D eigenvalue weighted by Crippen LogP contribution is 2.37. The van der Waals surface area contributed by atoms with E-state index in [0.717, 1.165) is 27.8 Å². The minimum atomic E-state index is -0.357. The van der Waals surface area contributed by atoms with Crippen LogP contribution in [0.2, 0.25) is 0 Å². The van der Waals surface area contributed by atoms with Crippen LogP contribution in [-0.4, -0.2) is 21.0 Å². The maximum Gasteiger partial charge on any atom is 0.331 e. The molecule has 1 aromatic heterocycles. The first kappa shape index (κ1) is 41.6. The molecule has 0 bridgehead atoms.